The third-order valence-electron chi connectivity index (χ3n) is 4.45. The maximum absolute atomic E-state index is 12.7. The van der Waals surface area contributed by atoms with Gasteiger partial charge in [-0.1, -0.05) is 18.2 Å². The Morgan fingerprint density at radius 2 is 2.12 bits per heavy atom. The van der Waals surface area contributed by atoms with Crippen LogP contribution < -0.4 is 0 Å². The highest BCUT2D eigenvalue weighted by Gasteiger charge is 2.26. The van der Waals surface area contributed by atoms with Crippen molar-refractivity contribution in [2.45, 2.75) is 32.4 Å². The predicted molar refractivity (Wildman–Crippen MR) is 89.9 cm³/mol. The summed E-state index contributed by atoms with van der Waals surface area (Å²) in [7, 11) is 0. The highest BCUT2D eigenvalue weighted by Crippen LogP contribution is 2.22. The Morgan fingerprint density at radius 3 is 2.88 bits per heavy atom. The number of hydrogen-bond donors (Lipinski definition) is 1. The summed E-state index contributed by atoms with van der Waals surface area (Å²) in [6.45, 7) is 4.18. The minimum absolute atomic E-state index is 0.0210. The third-order valence-corrected chi connectivity index (χ3v) is 4.45. The van der Waals surface area contributed by atoms with E-state index in [9.17, 15) is 9.59 Å². The lowest BCUT2D eigenvalue weighted by Crippen LogP contribution is -2.46. The number of aliphatic carboxylic acids is 1. The lowest BCUT2D eigenvalue weighted by atomic mass is 10.1. The highest BCUT2D eigenvalue weighted by molar-refractivity contribution is 5.89. The molecule has 1 saturated heterocycles. The fourth-order valence-electron chi connectivity index (χ4n) is 3.26. The first kappa shape index (κ1) is 16.5. The molecule has 0 spiro atoms. The van der Waals surface area contributed by atoms with E-state index in [-0.39, 0.29) is 12.3 Å². The molecule has 1 aromatic carbocycles. The van der Waals surface area contributed by atoms with Gasteiger partial charge in [0.05, 0.1) is 25.6 Å². The van der Waals surface area contributed by atoms with Gasteiger partial charge in [0.15, 0.2) is 0 Å². The van der Waals surface area contributed by atoms with Gasteiger partial charge in [-0.3, -0.25) is 9.59 Å². The molecule has 2 aromatic rings. The molecule has 1 atom stereocenters. The minimum atomic E-state index is -0.902. The SMILES string of the molecule is CCn1cc(CC(=O)N2CCOC(CC(=O)O)C2)c2ccccc21. The number of aryl methyl sites for hydroxylation is 1. The number of para-hydroxylation sites is 1. The third kappa shape index (κ3) is 3.43. The maximum atomic E-state index is 12.7. The number of carbonyl (C=O) groups excluding carboxylic acids is 1. The van der Waals surface area contributed by atoms with E-state index < -0.39 is 12.1 Å². The number of benzene rings is 1. The number of nitrogens with zero attached hydrogens (tertiary/aromatic N) is 2. The number of ether oxygens (including phenoxy) is 1. The summed E-state index contributed by atoms with van der Waals surface area (Å²) in [4.78, 5) is 25.2. The zero-order valence-electron chi connectivity index (χ0n) is 13.8. The Hall–Kier alpha value is -2.34. The van der Waals surface area contributed by atoms with Crippen molar-refractivity contribution in [1.29, 1.82) is 0 Å². The number of hydrogen-bond acceptors (Lipinski definition) is 3. The Balaban J connectivity index is 1.74. The van der Waals surface area contributed by atoms with E-state index >= 15 is 0 Å². The second-order valence-electron chi connectivity index (χ2n) is 6.06. The summed E-state index contributed by atoms with van der Waals surface area (Å²) >= 11 is 0. The van der Waals surface area contributed by atoms with Gasteiger partial charge in [0, 0.05) is 36.7 Å². The van der Waals surface area contributed by atoms with E-state index in [0.717, 1.165) is 23.0 Å². The molecular weight excluding hydrogens is 308 g/mol. The molecule has 24 heavy (non-hydrogen) atoms. The van der Waals surface area contributed by atoms with Gasteiger partial charge >= 0.3 is 5.97 Å². The number of carboxylic acid groups (broad SMARTS) is 1. The van der Waals surface area contributed by atoms with Crippen LogP contribution in [0.1, 0.15) is 18.9 Å². The van der Waals surface area contributed by atoms with Crippen molar-refractivity contribution in [2.24, 2.45) is 0 Å². The summed E-state index contributed by atoms with van der Waals surface area (Å²) in [5, 5.41) is 9.99. The molecule has 6 heteroatoms. The van der Waals surface area contributed by atoms with Gasteiger partial charge in [0.25, 0.3) is 0 Å². The van der Waals surface area contributed by atoms with E-state index in [1.165, 1.54) is 0 Å². The molecule has 1 unspecified atom stereocenters. The first-order chi connectivity index (χ1) is 11.6. The quantitative estimate of drug-likeness (QED) is 0.909. The molecule has 1 aliphatic heterocycles. The lowest BCUT2D eigenvalue weighted by Gasteiger charge is -2.32. The predicted octanol–water partition coefficient (Wildman–Crippen LogP) is 1.91. The summed E-state index contributed by atoms with van der Waals surface area (Å²) in [6, 6.07) is 8.08. The molecule has 3 rings (SSSR count). The van der Waals surface area contributed by atoms with Crippen molar-refractivity contribution in [3.63, 3.8) is 0 Å². The lowest BCUT2D eigenvalue weighted by molar-refractivity contribution is -0.147. The van der Waals surface area contributed by atoms with Crippen LogP contribution in [0.25, 0.3) is 10.9 Å². The Kier molecular flexibility index (Phi) is 4.85. The fraction of sp³-hybridized carbons (Fsp3) is 0.444. The zero-order chi connectivity index (χ0) is 17.1. The molecular formula is C18H22N2O4. The van der Waals surface area contributed by atoms with Crippen LogP contribution in [0.4, 0.5) is 0 Å². The van der Waals surface area contributed by atoms with Crippen LogP contribution in [0.2, 0.25) is 0 Å². The average molecular weight is 330 g/mol. The number of morpholine rings is 1. The molecule has 1 amide bonds. The summed E-state index contributed by atoms with van der Waals surface area (Å²) in [5.41, 5.74) is 2.15. The van der Waals surface area contributed by atoms with E-state index in [1.54, 1.807) is 4.90 Å². The van der Waals surface area contributed by atoms with Crippen molar-refractivity contribution >= 4 is 22.8 Å². The number of amides is 1. The normalized spacial score (nSPS) is 18.0. The molecule has 128 valence electrons. The second-order valence-corrected chi connectivity index (χ2v) is 6.06. The maximum Gasteiger partial charge on any atom is 0.306 e. The zero-order valence-corrected chi connectivity index (χ0v) is 13.8. The molecule has 0 aliphatic carbocycles. The van der Waals surface area contributed by atoms with Gasteiger partial charge in [-0.25, -0.2) is 0 Å². The first-order valence-electron chi connectivity index (χ1n) is 8.26. The Bertz CT molecular complexity index is 753. The molecule has 1 N–H and O–H groups in total. The van der Waals surface area contributed by atoms with Crippen molar-refractivity contribution in [1.82, 2.24) is 9.47 Å². The molecule has 1 aliphatic rings. The van der Waals surface area contributed by atoms with Crippen molar-refractivity contribution in [2.75, 3.05) is 19.7 Å². The van der Waals surface area contributed by atoms with Crippen LogP contribution in [0.5, 0.6) is 0 Å². The molecule has 1 fully saturated rings. The highest BCUT2D eigenvalue weighted by atomic mass is 16.5. The Morgan fingerprint density at radius 1 is 1.33 bits per heavy atom. The van der Waals surface area contributed by atoms with E-state index in [1.807, 2.05) is 24.4 Å². The summed E-state index contributed by atoms with van der Waals surface area (Å²) in [5.74, 6) is -0.881. The summed E-state index contributed by atoms with van der Waals surface area (Å²) < 4.78 is 7.58. The van der Waals surface area contributed by atoms with E-state index in [2.05, 4.69) is 17.6 Å². The molecule has 0 saturated carbocycles. The van der Waals surface area contributed by atoms with Crippen LogP contribution in [0.15, 0.2) is 30.5 Å². The van der Waals surface area contributed by atoms with Crippen molar-refractivity contribution in [3.8, 4) is 0 Å². The van der Waals surface area contributed by atoms with Gasteiger partial charge in [0.2, 0.25) is 5.91 Å². The molecule has 0 bridgehead atoms. The van der Waals surface area contributed by atoms with Crippen LogP contribution in [0.3, 0.4) is 0 Å². The molecule has 6 nitrogen and oxygen atoms in total. The number of carboxylic acids is 1. The van der Waals surface area contributed by atoms with Gasteiger partial charge < -0.3 is 19.3 Å². The molecule has 1 aromatic heterocycles. The van der Waals surface area contributed by atoms with Gasteiger partial charge in [-0.05, 0) is 18.6 Å². The van der Waals surface area contributed by atoms with Crippen LogP contribution in [-0.2, 0) is 27.3 Å². The fourth-order valence-corrected chi connectivity index (χ4v) is 3.26. The first-order valence-corrected chi connectivity index (χ1v) is 8.26. The standard InChI is InChI=1S/C18H22N2O4/c1-2-19-11-13(15-5-3-4-6-16(15)19)9-17(21)20-7-8-24-14(12-20)10-18(22)23/h3-6,11,14H,2,7-10,12H2,1H3,(H,22,23). The Labute approximate surface area is 140 Å². The monoisotopic (exact) mass is 330 g/mol. The van der Waals surface area contributed by atoms with E-state index in [0.29, 0.717) is 26.1 Å². The molecule has 2 heterocycles. The topological polar surface area (TPSA) is 71.8 Å². The summed E-state index contributed by atoms with van der Waals surface area (Å²) in [6.07, 6.45) is 1.88. The van der Waals surface area contributed by atoms with Gasteiger partial charge in [0.1, 0.15) is 0 Å². The number of carbonyl (C=O) groups is 2. The van der Waals surface area contributed by atoms with Crippen molar-refractivity contribution in [3.05, 3.63) is 36.0 Å². The van der Waals surface area contributed by atoms with Gasteiger partial charge in [-0.15, -0.1) is 0 Å². The largest absolute Gasteiger partial charge is 0.481 e. The number of aromatic nitrogens is 1. The minimum Gasteiger partial charge on any atom is -0.481 e. The van der Waals surface area contributed by atoms with Crippen molar-refractivity contribution < 1.29 is 19.4 Å². The van der Waals surface area contributed by atoms with E-state index in [4.69, 9.17) is 9.84 Å². The average Bonchev–Trinajstić information content (AvgIpc) is 2.92. The number of fused-ring (bicyclic) bond motifs is 1. The van der Waals surface area contributed by atoms with Crippen LogP contribution >= 0.6 is 0 Å². The second kappa shape index (κ2) is 7.05. The van der Waals surface area contributed by atoms with Crippen LogP contribution in [-0.4, -0.2) is 52.3 Å². The van der Waals surface area contributed by atoms with Crippen LogP contribution in [0, 0.1) is 0 Å². The number of rotatable bonds is 5. The smallest absolute Gasteiger partial charge is 0.306 e. The van der Waals surface area contributed by atoms with Gasteiger partial charge in [-0.2, -0.15) is 0 Å². The molecule has 0 radical (unpaired) electrons.